The summed E-state index contributed by atoms with van der Waals surface area (Å²) in [5.41, 5.74) is 1.58. The number of alkyl halides is 3. The number of hydrogen-bond donors (Lipinski definition) is 3. The SMILES string of the molecule is COc1ccc(C2NC(C(=O)NO)=CO2)cc1OC(F)(F)F. The fourth-order valence-corrected chi connectivity index (χ4v) is 1.75. The minimum absolute atomic E-state index is 0.0818. The van der Waals surface area contributed by atoms with Crippen LogP contribution in [0.4, 0.5) is 13.2 Å². The van der Waals surface area contributed by atoms with E-state index >= 15 is 0 Å². The summed E-state index contributed by atoms with van der Waals surface area (Å²) in [7, 11) is 1.20. The topological polar surface area (TPSA) is 89.1 Å². The fourth-order valence-electron chi connectivity index (χ4n) is 1.75. The van der Waals surface area contributed by atoms with Gasteiger partial charge in [0.25, 0.3) is 5.91 Å². The van der Waals surface area contributed by atoms with Gasteiger partial charge in [-0.25, -0.2) is 5.48 Å². The van der Waals surface area contributed by atoms with Crippen LogP contribution < -0.4 is 20.3 Å². The van der Waals surface area contributed by atoms with Crippen molar-refractivity contribution in [2.24, 2.45) is 0 Å². The van der Waals surface area contributed by atoms with E-state index in [1.807, 2.05) is 0 Å². The van der Waals surface area contributed by atoms with Gasteiger partial charge < -0.3 is 19.5 Å². The Morgan fingerprint density at radius 2 is 2.14 bits per heavy atom. The van der Waals surface area contributed by atoms with Gasteiger partial charge in [0.1, 0.15) is 12.0 Å². The van der Waals surface area contributed by atoms with E-state index in [0.29, 0.717) is 0 Å². The van der Waals surface area contributed by atoms with Gasteiger partial charge in [0, 0.05) is 5.56 Å². The number of nitrogens with one attached hydrogen (secondary N) is 2. The summed E-state index contributed by atoms with van der Waals surface area (Å²) in [6.45, 7) is 0. The number of halogens is 3. The molecule has 0 fully saturated rings. The molecule has 0 radical (unpaired) electrons. The fraction of sp³-hybridized carbons (Fsp3) is 0.250. The lowest BCUT2D eigenvalue weighted by Gasteiger charge is -2.17. The molecule has 120 valence electrons. The quantitative estimate of drug-likeness (QED) is 0.576. The number of carbonyl (C=O) groups excluding carboxylic acids is 1. The summed E-state index contributed by atoms with van der Waals surface area (Å²) in [6.07, 6.45) is -4.75. The highest BCUT2D eigenvalue weighted by molar-refractivity contribution is 5.91. The zero-order chi connectivity index (χ0) is 16.3. The average Bonchev–Trinajstić information content (AvgIpc) is 2.94. The molecule has 10 heteroatoms. The van der Waals surface area contributed by atoms with Gasteiger partial charge in [-0.15, -0.1) is 13.2 Å². The van der Waals surface area contributed by atoms with Crippen molar-refractivity contribution in [3.05, 3.63) is 35.7 Å². The first kappa shape index (κ1) is 15.8. The van der Waals surface area contributed by atoms with Crippen molar-refractivity contribution in [3.63, 3.8) is 0 Å². The molecule has 0 bridgehead atoms. The van der Waals surface area contributed by atoms with E-state index < -0.39 is 24.2 Å². The normalized spacial score (nSPS) is 17.1. The number of ether oxygens (including phenoxy) is 3. The van der Waals surface area contributed by atoms with Gasteiger partial charge in [0.2, 0.25) is 0 Å². The predicted molar refractivity (Wildman–Crippen MR) is 64.7 cm³/mol. The summed E-state index contributed by atoms with van der Waals surface area (Å²) in [4.78, 5) is 11.2. The molecule has 22 heavy (non-hydrogen) atoms. The minimum Gasteiger partial charge on any atom is -0.493 e. The second-order valence-electron chi connectivity index (χ2n) is 4.09. The summed E-state index contributed by atoms with van der Waals surface area (Å²) in [5.74, 6) is -1.50. The summed E-state index contributed by atoms with van der Waals surface area (Å²) in [6, 6.07) is 3.77. The molecule has 0 aliphatic carbocycles. The Labute approximate surface area is 122 Å². The first-order valence-electron chi connectivity index (χ1n) is 5.84. The molecule has 1 aliphatic heterocycles. The van der Waals surface area contributed by atoms with Crippen LogP contribution in [0.2, 0.25) is 0 Å². The van der Waals surface area contributed by atoms with Gasteiger partial charge in [-0.2, -0.15) is 0 Å². The highest BCUT2D eigenvalue weighted by Gasteiger charge is 2.33. The lowest BCUT2D eigenvalue weighted by molar-refractivity contribution is -0.275. The van der Waals surface area contributed by atoms with Gasteiger partial charge >= 0.3 is 6.36 Å². The molecular weight excluding hydrogens is 309 g/mol. The summed E-state index contributed by atoms with van der Waals surface area (Å²) >= 11 is 0. The van der Waals surface area contributed by atoms with Crippen molar-refractivity contribution < 1.29 is 37.4 Å². The predicted octanol–water partition coefficient (Wildman–Crippen LogP) is 1.56. The minimum atomic E-state index is -4.88. The molecule has 1 heterocycles. The molecule has 1 aromatic rings. The highest BCUT2D eigenvalue weighted by Crippen LogP contribution is 2.35. The van der Waals surface area contributed by atoms with E-state index in [2.05, 4.69) is 10.1 Å². The maximum Gasteiger partial charge on any atom is 0.573 e. The zero-order valence-electron chi connectivity index (χ0n) is 11.1. The highest BCUT2D eigenvalue weighted by atomic mass is 19.4. The Balaban J connectivity index is 2.20. The molecule has 2 rings (SSSR count). The molecule has 0 spiro atoms. The Hall–Kier alpha value is -2.62. The first-order valence-corrected chi connectivity index (χ1v) is 5.84. The third-order valence-electron chi connectivity index (χ3n) is 2.67. The molecule has 7 nitrogen and oxygen atoms in total. The Morgan fingerprint density at radius 3 is 2.73 bits per heavy atom. The van der Waals surface area contributed by atoms with Crippen molar-refractivity contribution in [3.8, 4) is 11.5 Å². The van der Waals surface area contributed by atoms with Crippen LogP contribution >= 0.6 is 0 Å². The molecule has 1 atom stereocenters. The van der Waals surface area contributed by atoms with Crippen LogP contribution in [0.3, 0.4) is 0 Å². The molecular formula is C12H11F3N2O5. The standard InChI is InChI=1S/C12H11F3N2O5/c1-20-8-3-2-6(4-9(8)22-12(13,14)15)11-16-7(5-21-11)10(18)17-19/h2-5,11,16,19H,1H3,(H,17,18). The largest absolute Gasteiger partial charge is 0.573 e. The molecule has 0 saturated carbocycles. The van der Waals surface area contributed by atoms with Crippen LogP contribution in [0.15, 0.2) is 30.2 Å². The van der Waals surface area contributed by atoms with Gasteiger partial charge in [-0.05, 0) is 18.2 Å². The third-order valence-corrected chi connectivity index (χ3v) is 2.67. The van der Waals surface area contributed by atoms with E-state index in [0.717, 1.165) is 12.3 Å². The first-order chi connectivity index (χ1) is 10.3. The molecule has 0 aromatic heterocycles. The van der Waals surface area contributed by atoms with E-state index in [-0.39, 0.29) is 17.0 Å². The maximum absolute atomic E-state index is 12.4. The van der Waals surface area contributed by atoms with Crippen LogP contribution in [-0.2, 0) is 9.53 Å². The van der Waals surface area contributed by atoms with Crippen LogP contribution in [-0.4, -0.2) is 24.6 Å². The van der Waals surface area contributed by atoms with Crippen molar-refractivity contribution in [1.29, 1.82) is 0 Å². The zero-order valence-corrected chi connectivity index (χ0v) is 11.1. The lowest BCUT2D eigenvalue weighted by Crippen LogP contribution is -2.28. The number of benzene rings is 1. The van der Waals surface area contributed by atoms with E-state index in [1.165, 1.54) is 24.7 Å². The summed E-state index contributed by atoms with van der Waals surface area (Å²) in [5, 5.41) is 11.1. The molecule has 3 N–H and O–H groups in total. The number of amides is 1. The number of rotatable bonds is 4. The van der Waals surface area contributed by atoms with Crippen molar-refractivity contribution >= 4 is 5.91 Å². The van der Waals surface area contributed by atoms with Crippen LogP contribution in [0, 0.1) is 0 Å². The van der Waals surface area contributed by atoms with Gasteiger partial charge in [0.15, 0.2) is 17.7 Å². The van der Waals surface area contributed by atoms with Crippen molar-refractivity contribution in [2.75, 3.05) is 7.11 Å². The second-order valence-corrected chi connectivity index (χ2v) is 4.09. The lowest BCUT2D eigenvalue weighted by atomic mass is 10.1. The Bertz CT molecular complexity index is 603. The molecule has 0 saturated heterocycles. The van der Waals surface area contributed by atoms with Crippen LogP contribution in [0.25, 0.3) is 0 Å². The van der Waals surface area contributed by atoms with Gasteiger partial charge in [-0.1, -0.05) is 0 Å². The van der Waals surface area contributed by atoms with E-state index in [4.69, 9.17) is 14.7 Å². The van der Waals surface area contributed by atoms with Crippen LogP contribution in [0.1, 0.15) is 11.8 Å². The third kappa shape index (κ3) is 3.52. The van der Waals surface area contributed by atoms with Gasteiger partial charge in [-0.3, -0.25) is 10.0 Å². The van der Waals surface area contributed by atoms with E-state index in [9.17, 15) is 18.0 Å². The maximum atomic E-state index is 12.4. The average molecular weight is 320 g/mol. The van der Waals surface area contributed by atoms with Gasteiger partial charge in [0.05, 0.1) is 7.11 Å². The number of hydroxylamine groups is 1. The van der Waals surface area contributed by atoms with Crippen molar-refractivity contribution in [1.82, 2.24) is 10.8 Å². The molecule has 1 amide bonds. The molecule has 1 aromatic carbocycles. The van der Waals surface area contributed by atoms with E-state index in [1.54, 1.807) is 0 Å². The Kier molecular flexibility index (Phi) is 4.31. The molecule has 1 aliphatic rings. The second kappa shape index (κ2) is 6.02. The number of hydrogen-bond acceptors (Lipinski definition) is 6. The van der Waals surface area contributed by atoms with Crippen molar-refractivity contribution in [2.45, 2.75) is 12.6 Å². The molecule has 1 unspecified atom stereocenters. The number of carbonyl (C=O) groups is 1. The smallest absolute Gasteiger partial charge is 0.493 e. The number of methoxy groups -OCH3 is 1. The monoisotopic (exact) mass is 320 g/mol. The van der Waals surface area contributed by atoms with Crippen LogP contribution in [0.5, 0.6) is 11.5 Å². The Morgan fingerprint density at radius 1 is 1.41 bits per heavy atom. The summed E-state index contributed by atoms with van der Waals surface area (Å²) < 4.78 is 50.9.